The van der Waals surface area contributed by atoms with Crippen LogP contribution >= 0.6 is 0 Å². The van der Waals surface area contributed by atoms with E-state index in [0.717, 1.165) is 0 Å². The fourth-order valence-electron chi connectivity index (χ4n) is 2.03. The third-order valence-corrected chi connectivity index (χ3v) is 3.02. The Morgan fingerprint density at radius 1 is 1.52 bits per heavy atom. The van der Waals surface area contributed by atoms with Crippen molar-refractivity contribution >= 4 is 28.9 Å². The lowest BCUT2D eigenvalue weighted by molar-refractivity contribution is -0.384. The van der Waals surface area contributed by atoms with Crippen LogP contribution < -0.4 is 16.0 Å². The lowest BCUT2D eigenvalue weighted by Gasteiger charge is -2.26. The van der Waals surface area contributed by atoms with Crippen LogP contribution in [0.25, 0.3) is 0 Å². The van der Waals surface area contributed by atoms with Gasteiger partial charge in [-0.1, -0.05) is 0 Å². The Morgan fingerprint density at radius 2 is 2.24 bits per heavy atom. The molecule has 1 aromatic carbocycles. The molecule has 0 fully saturated rings. The Morgan fingerprint density at radius 3 is 2.86 bits per heavy atom. The number of rotatable bonds is 5. The van der Waals surface area contributed by atoms with Crippen LogP contribution in [0.3, 0.4) is 0 Å². The van der Waals surface area contributed by atoms with Crippen molar-refractivity contribution in [2.45, 2.75) is 19.5 Å². The number of aliphatic carboxylic acids is 1. The van der Waals surface area contributed by atoms with Gasteiger partial charge < -0.3 is 21.1 Å². The molecule has 0 aromatic heterocycles. The number of amides is 1. The van der Waals surface area contributed by atoms with E-state index in [-0.39, 0.29) is 24.7 Å². The highest BCUT2D eigenvalue weighted by molar-refractivity contribution is 6.03. The molecule has 0 aliphatic carbocycles. The quantitative estimate of drug-likeness (QED) is 0.459. The van der Waals surface area contributed by atoms with Crippen LogP contribution in [0.1, 0.15) is 12.5 Å². The first-order valence-corrected chi connectivity index (χ1v) is 6.19. The Bertz CT molecular complexity index is 616. The highest BCUT2D eigenvalue weighted by Gasteiger charge is 2.26. The third kappa shape index (κ3) is 3.26. The first-order valence-electron chi connectivity index (χ1n) is 6.19. The molecule has 1 atom stereocenters. The lowest BCUT2D eigenvalue weighted by Crippen LogP contribution is -2.37. The predicted molar refractivity (Wildman–Crippen MR) is 74.2 cm³/mol. The van der Waals surface area contributed by atoms with Crippen LogP contribution in [-0.4, -0.2) is 34.5 Å². The highest BCUT2D eigenvalue weighted by Crippen LogP contribution is 2.34. The summed E-state index contributed by atoms with van der Waals surface area (Å²) >= 11 is 0. The van der Waals surface area contributed by atoms with Crippen molar-refractivity contribution in [1.82, 2.24) is 5.32 Å². The summed E-state index contributed by atoms with van der Waals surface area (Å²) in [5.41, 5.74) is 1.23. The van der Waals surface area contributed by atoms with E-state index in [1.54, 1.807) is 6.92 Å². The minimum Gasteiger partial charge on any atom is -0.480 e. The summed E-state index contributed by atoms with van der Waals surface area (Å²) in [6, 6.07) is 2.15. The molecule has 1 heterocycles. The van der Waals surface area contributed by atoms with Crippen molar-refractivity contribution in [3.63, 3.8) is 0 Å². The molecular formula is C12H14N4O5. The van der Waals surface area contributed by atoms with Crippen molar-refractivity contribution in [2.24, 2.45) is 0 Å². The third-order valence-electron chi connectivity index (χ3n) is 3.02. The van der Waals surface area contributed by atoms with Crippen LogP contribution in [0.15, 0.2) is 12.1 Å². The highest BCUT2D eigenvalue weighted by atomic mass is 16.6. The predicted octanol–water partition coefficient (Wildman–Crippen LogP) is 0.521. The fourth-order valence-corrected chi connectivity index (χ4v) is 2.03. The molecule has 0 radical (unpaired) electrons. The number of carboxylic acids is 1. The minimum atomic E-state index is -1.02. The molecule has 1 unspecified atom stereocenters. The van der Waals surface area contributed by atoms with Gasteiger partial charge in [0.15, 0.2) is 0 Å². The number of nitrogens with one attached hydrogen (secondary N) is 3. The lowest BCUT2D eigenvalue weighted by atomic mass is 10.1. The van der Waals surface area contributed by atoms with Crippen LogP contribution in [0, 0.1) is 10.1 Å². The second-order valence-electron chi connectivity index (χ2n) is 4.64. The van der Waals surface area contributed by atoms with E-state index in [4.69, 9.17) is 5.11 Å². The standard InChI is InChI=1S/C12H14N4O5/c1-6-12(19)15-9-3-8(16(20)21)2-7(11(9)14-6)4-13-5-10(17)18/h2-3,6,13-14H,4-5H2,1H3,(H,15,19)(H,17,18). The maximum absolute atomic E-state index is 11.6. The number of nitrogens with zero attached hydrogens (tertiary/aromatic N) is 1. The second kappa shape index (κ2) is 5.75. The molecule has 9 heteroatoms. The van der Waals surface area contributed by atoms with E-state index in [9.17, 15) is 19.7 Å². The molecule has 0 saturated carbocycles. The Labute approximate surface area is 119 Å². The van der Waals surface area contributed by atoms with Crippen molar-refractivity contribution in [2.75, 3.05) is 17.2 Å². The van der Waals surface area contributed by atoms with Crippen molar-refractivity contribution in [3.05, 3.63) is 27.8 Å². The van der Waals surface area contributed by atoms with Gasteiger partial charge in [-0.3, -0.25) is 19.7 Å². The molecule has 9 nitrogen and oxygen atoms in total. The summed E-state index contributed by atoms with van der Waals surface area (Å²) in [6.45, 7) is 1.53. The molecule has 4 N–H and O–H groups in total. The first kappa shape index (κ1) is 14.7. The average molecular weight is 294 g/mol. The summed E-state index contributed by atoms with van der Waals surface area (Å²) in [6.07, 6.45) is 0. The average Bonchev–Trinajstić information content (AvgIpc) is 2.39. The van der Waals surface area contributed by atoms with Crippen molar-refractivity contribution in [3.8, 4) is 0 Å². The normalized spacial score (nSPS) is 16.6. The van der Waals surface area contributed by atoms with Crippen LogP contribution in [0.5, 0.6) is 0 Å². The van der Waals surface area contributed by atoms with Gasteiger partial charge in [0, 0.05) is 18.7 Å². The Balaban J connectivity index is 2.34. The van der Waals surface area contributed by atoms with E-state index in [1.165, 1.54) is 12.1 Å². The topological polar surface area (TPSA) is 134 Å². The molecule has 1 aliphatic rings. The number of fused-ring (bicyclic) bond motifs is 1. The summed E-state index contributed by atoms with van der Waals surface area (Å²) in [4.78, 5) is 32.5. The zero-order valence-corrected chi connectivity index (χ0v) is 11.2. The molecular weight excluding hydrogens is 280 g/mol. The number of carbonyl (C=O) groups is 2. The van der Waals surface area contributed by atoms with Gasteiger partial charge in [0.1, 0.15) is 6.04 Å². The van der Waals surface area contributed by atoms with Crippen LogP contribution in [-0.2, 0) is 16.1 Å². The number of hydrogen-bond acceptors (Lipinski definition) is 6. The first-order chi connectivity index (χ1) is 9.88. The smallest absolute Gasteiger partial charge is 0.317 e. The Kier molecular flexibility index (Phi) is 4.03. The number of anilines is 2. The van der Waals surface area contributed by atoms with Gasteiger partial charge in [-0.2, -0.15) is 0 Å². The summed E-state index contributed by atoms with van der Waals surface area (Å²) in [5.74, 6) is -1.31. The number of non-ortho nitro benzene ring substituents is 1. The summed E-state index contributed by atoms with van der Waals surface area (Å²) in [7, 11) is 0. The monoisotopic (exact) mass is 294 g/mol. The van der Waals surface area contributed by atoms with Crippen LogP contribution in [0.4, 0.5) is 17.1 Å². The molecule has 112 valence electrons. The molecule has 1 aromatic rings. The van der Waals surface area contributed by atoms with Crippen molar-refractivity contribution < 1.29 is 19.6 Å². The number of carbonyl (C=O) groups excluding carboxylic acids is 1. The molecule has 21 heavy (non-hydrogen) atoms. The van der Waals surface area contributed by atoms with Gasteiger partial charge >= 0.3 is 5.97 Å². The van der Waals surface area contributed by atoms with Gasteiger partial charge in [0.05, 0.1) is 22.8 Å². The SMILES string of the molecule is CC1Nc2c(CNCC(=O)O)cc([N+](=O)[O-])cc2NC1=O. The maximum atomic E-state index is 11.6. The molecule has 0 bridgehead atoms. The van der Waals surface area contributed by atoms with E-state index < -0.39 is 16.9 Å². The van der Waals surface area contributed by atoms with Gasteiger partial charge in [-0.05, 0) is 12.5 Å². The van der Waals surface area contributed by atoms with Gasteiger partial charge in [0.25, 0.3) is 5.69 Å². The molecule has 1 amide bonds. The number of carboxylic acid groups (broad SMARTS) is 1. The van der Waals surface area contributed by atoms with E-state index in [1.807, 2.05) is 0 Å². The van der Waals surface area contributed by atoms with Crippen molar-refractivity contribution in [1.29, 1.82) is 0 Å². The zero-order chi connectivity index (χ0) is 15.6. The number of nitro benzene ring substituents is 1. The minimum absolute atomic E-state index is 0.131. The number of benzene rings is 1. The summed E-state index contributed by atoms with van der Waals surface area (Å²) < 4.78 is 0. The summed E-state index contributed by atoms with van der Waals surface area (Å²) in [5, 5.41) is 27.8. The van der Waals surface area contributed by atoms with Gasteiger partial charge in [-0.25, -0.2) is 0 Å². The van der Waals surface area contributed by atoms with Crippen LogP contribution in [0.2, 0.25) is 0 Å². The second-order valence-corrected chi connectivity index (χ2v) is 4.64. The maximum Gasteiger partial charge on any atom is 0.317 e. The fraction of sp³-hybridized carbons (Fsp3) is 0.333. The Hall–Kier alpha value is -2.68. The van der Waals surface area contributed by atoms with Gasteiger partial charge in [0.2, 0.25) is 5.91 Å². The molecule has 2 rings (SSSR count). The van der Waals surface area contributed by atoms with E-state index in [0.29, 0.717) is 16.9 Å². The molecule has 0 saturated heterocycles. The number of hydrogen-bond donors (Lipinski definition) is 4. The zero-order valence-electron chi connectivity index (χ0n) is 11.2. The molecule has 1 aliphatic heterocycles. The largest absolute Gasteiger partial charge is 0.480 e. The molecule has 0 spiro atoms. The number of nitro groups is 1. The van der Waals surface area contributed by atoms with Gasteiger partial charge in [-0.15, -0.1) is 0 Å². The van der Waals surface area contributed by atoms with E-state index >= 15 is 0 Å². The van der Waals surface area contributed by atoms with E-state index in [2.05, 4.69) is 16.0 Å².